The van der Waals surface area contributed by atoms with Gasteiger partial charge in [-0.25, -0.2) is 0 Å². The summed E-state index contributed by atoms with van der Waals surface area (Å²) in [4.78, 5) is 0. The highest BCUT2D eigenvalue weighted by Crippen LogP contribution is 2.58. The van der Waals surface area contributed by atoms with Crippen LogP contribution >= 0.6 is 0 Å². The first kappa shape index (κ1) is 12.9. The van der Waals surface area contributed by atoms with Crippen LogP contribution in [-0.4, -0.2) is 23.8 Å². The second kappa shape index (κ2) is 5.13. The summed E-state index contributed by atoms with van der Waals surface area (Å²) in [5, 5.41) is 13.2. The molecular weight excluding hydrogens is 222 g/mol. The van der Waals surface area contributed by atoms with Crippen LogP contribution in [0.3, 0.4) is 0 Å². The molecule has 0 aromatic heterocycles. The summed E-state index contributed by atoms with van der Waals surface area (Å²) >= 11 is 0. The number of fused-ring (bicyclic) bond motifs is 5. The molecule has 18 heavy (non-hydrogen) atoms. The Hall–Kier alpha value is -0.0800. The van der Waals surface area contributed by atoms with E-state index in [-0.39, 0.29) is 6.10 Å². The summed E-state index contributed by atoms with van der Waals surface area (Å²) in [5.74, 6) is 4.80. The summed E-state index contributed by atoms with van der Waals surface area (Å²) in [7, 11) is 0. The zero-order valence-corrected chi connectivity index (χ0v) is 11.9. The first-order valence-corrected chi connectivity index (χ1v) is 8.06. The average Bonchev–Trinajstić information content (AvgIpc) is 2.97. The lowest BCUT2D eigenvalue weighted by molar-refractivity contribution is 0.156. The molecule has 0 radical (unpaired) electrons. The number of hydrogen-bond donors (Lipinski definition) is 2. The van der Waals surface area contributed by atoms with Gasteiger partial charge in [0.1, 0.15) is 0 Å². The van der Waals surface area contributed by atoms with Gasteiger partial charge in [0.05, 0.1) is 6.10 Å². The molecule has 2 nitrogen and oxygen atoms in total. The van der Waals surface area contributed by atoms with E-state index in [4.69, 9.17) is 0 Å². The molecule has 3 fully saturated rings. The Morgan fingerprint density at radius 2 is 1.89 bits per heavy atom. The molecule has 0 aromatic carbocycles. The molecule has 2 heteroatoms. The number of rotatable bonds is 5. The Kier molecular flexibility index (Phi) is 3.68. The van der Waals surface area contributed by atoms with Crippen LogP contribution in [0.5, 0.6) is 0 Å². The summed E-state index contributed by atoms with van der Waals surface area (Å²) < 4.78 is 0. The summed E-state index contributed by atoms with van der Waals surface area (Å²) in [6, 6.07) is 0.797. The maximum absolute atomic E-state index is 9.42. The van der Waals surface area contributed by atoms with Gasteiger partial charge in [0.2, 0.25) is 0 Å². The van der Waals surface area contributed by atoms with E-state index >= 15 is 0 Å². The summed E-state index contributed by atoms with van der Waals surface area (Å²) in [6.45, 7) is 5.25. The van der Waals surface area contributed by atoms with Gasteiger partial charge in [-0.15, -0.1) is 0 Å². The minimum Gasteiger partial charge on any atom is -0.393 e. The molecule has 104 valence electrons. The zero-order valence-electron chi connectivity index (χ0n) is 11.9. The van der Waals surface area contributed by atoms with Crippen molar-refractivity contribution in [1.82, 2.24) is 5.32 Å². The van der Waals surface area contributed by atoms with Gasteiger partial charge in [-0.1, -0.05) is 13.3 Å². The monoisotopic (exact) mass is 251 g/mol. The van der Waals surface area contributed by atoms with Gasteiger partial charge in [-0.3, -0.25) is 0 Å². The van der Waals surface area contributed by atoms with E-state index in [1.54, 1.807) is 0 Å². The highest BCUT2D eigenvalue weighted by molar-refractivity contribution is 5.05. The van der Waals surface area contributed by atoms with Crippen molar-refractivity contribution in [2.45, 2.75) is 64.5 Å². The lowest BCUT2D eigenvalue weighted by Crippen LogP contribution is -2.41. The lowest BCUT2D eigenvalue weighted by atomic mass is 9.79. The van der Waals surface area contributed by atoms with Gasteiger partial charge in [-0.2, -0.15) is 0 Å². The van der Waals surface area contributed by atoms with Crippen LogP contribution in [0.1, 0.15) is 52.4 Å². The second-order valence-corrected chi connectivity index (χ2v) is 7.36. The number of nitrogens with one attached hydrogen (secondary N) is 1. The average molecular weight is 251 g/mol. The Labute approximate surface area is 112 Å². The van der Waals surface area contributed by atoms with E-state index in [0.29, 0.717) is 5.92 Å². The van der Waals surface area contributed by atoms with Gasteiger partial charge in [0, 0.05) is 6.04 Å². The predicted octanol–water partition coefficient (Wildman–Crippen LogP) is 2.81. The molecule has 2 N–H and O–H groups in total. The smallest absolute Gasteiger partial charge is 0.0515 e. The minimum atomic E-state index is -0.152. The molecule has 3 aliphatic rings. The lowest BCUT2D eigenvalue weighted by Gasteiger charge is -2.33. The molecule has 7 atom stereocenters. The fraction of sp³-hybridized carbons (Fsp3) is 1.00. The molecule has 0 saturated heterocycles. The zero-order chi connectivity index (χ0) is 12.7. The molecule has 0 aromatic rings. The van der Waals surface area contributed by atoms with Gasteiger partial charge < -0.3 is 10.4 Å². The van der Waals surface area contributed by atoms with Gasteiger partial charge in [0.15, 0.2) is 0 Å². The van der Waals surface area contributed by atoms with Crippen LogP contribution in [0.25, 0.3) is 0 Å². The largest absolute Gasteiger partial charge is 0.393 e. The number of hydrogen-bond acceptors (Lipinski definition) is 2. The Bertz CT molecular complexity index is 291. The molecule has 3 rings (SSSR count). The van der Waals surface area contributed by atoms with Crippen molar-refractivity contribution < 1.29 is 5.11 Å². The molecule has 0 aliphatic heterocycles. The second-order valence-electron chi connectivity index (χ2n) is 7.36. The Morgan fingerprint density at radius 3 is 2.67 bits per heavy atom. The van der Waals surface area contributed by atoms with Gasteiger partial charge in [0.25, 0.3) is 0 Å². The maximum atomic E-state index is 9.42. The number of aliphatic hydroxyl groups is 1. The van der Waals surface area contributed by atoms with Crippen molar-refractivity contribution in [3.8, 4) is 0 Å². The first-order valence-electron chi connectivity index (χ1n) is 8.06. The molecule has 3 aliphatic carbocycles. The Balaban J connectivity index is 1.48. The quantitative estimate of drug-likeness (QED) is 0.787. The van der Waals surface area contributed by atoms with Crippen LogP contribution in [0.4, 0.5) is 0 Å². The molecule has 3 saturated carbocycles. The van der Waals surface area contributed by atoms with E-state index in [1.807, 2.05) is 6.92 Å². The van der Waals surface area contributed by atoms with Crippen LogP contribution < -0.4 is 5.32 Å². The first-order chi connectivity index (χ1) is 8.65. The van der Waals surface area contributed by atoms with Crippen molar-refractivity contribution in [3.63, 3.8) is 0 Å². The fourth-order valence-corrected chi connectivity index (χ4v) is 5.32. The third kappa shape index (κ3) is 2.34. The van der Waals surface area contributed by atoms with E-state index in [9.17, 15) is 5.11 Å². The molecule has 0 amide bonds. The van der Waals surface area contributed by atoms with E-state index < -0.39 is 0 Å². The fourth-order valence-electron chi connectivity index (χ4n) is 5.32. The standard InChI is InChI=1S/C16H29NO/c1-10(6-11(2)18)9-17-16-8-12-7-15(16)14-5-3-4-13(12)14/h10-18H,3-9H2,1-2H3. The van der Waals surface area contributed by atoms with Crippen molar-refractivity contribution in [2.75, 3.05) is 6.54 Å². The highest BCUT2D eigenvalue weighted by atomic mass is 16.3. The van der Waals surface area contributed by atoms with Crippen LogP contribution in [0.2, 0.25) is 0 Å². The third-order valence-electron chi connectivity index (χ3n) is 5.90. The van der Waals surface area contributed by atoms with Crippen molar-refractivity contribution in [2.24, 2.45) is 29.6 Å². The topological polar surface area (TPSA) is 32.3 Å². The van der Waals surface area contributed by atoms with Crippen molar-refractivity contribution in [3.05, 3.63) is 0 Å². The predicted molar refractivity (Wildman–Crippen MR) is 74.3 cm³/mol. The summed E-state index contributed by atoms with van der Waals surface area (Å²) in [6.07, 6.45) is 8.25. The van der Waals surface area contributed by atoms with Crippen LogP contribution in [0.15, 0.2) is 0 Å². The van der Waals surface area contributed by atoms with E-state index in [2.05, 4.69) is 12.2 Å². The molecular formula is C16H29NO. The number of aliphatic hydroxyl groups excluding tert-OH is 1. The van der Waals surface area contributed by atoms with E-state index in [1.165, 1.54) is 32.1 Å². The summed E-state index contributed by atoms with van der Waals surface area (Å²) in [5.41, 5.74) is 0. The van der Waals surface area contributed by atoms with Crippen molar-refractivity contribution in [1.29, 1.82) is 0 Å². The molecule has 2 bridgehead atoms. The van der Waals surface area contributed by atoms with Crippen LogP contribution in [-0.2, 0) is 0 Å². The molecule has 0 spiro atoms. The minimum absolute atomic E-state index is 0.152. The van der Waals surface area contributed by atoms with Crippen LogP contribution in [0, 0.1) is 29.6 Å². The maximum Gasteiger partial charge on any atom is 0.0515 e. The third-order valence-corrected chi connectivity index (χ3v) is 5.90. The molecule has 7 unspecified atom stereocenters. The molecule has 0 heterocycles. The van der Waals surface area contributed by atoms with Gasteiger partial charge >= 0.3 is 0 Å². The Morgan fingerprint density at radius 1 is 1.11 bits per heavy atom. The van der Waals surface area contributed by atoms with E-state index in [0.717, 1.165) is 42.7 Å². The highest BCUT2D eigenvalue weighted by Gasteiger charge is 2.53. The normalized spacial score (nSPS) is 45.2. The SMILES string of the molecule is CC(O)CC(C)CNC1CC2CC1C1CCCC21. The van der Waals surface area contributed by atoms with Gasteiger partial charge in [-0.05, 0) is 75.2 Å². The van der Waals surface area contributed by atoms with Crippen molar-refractivity contribution >= 4 is 0 Å².